The van der Waals surface area contributed by atoms with E-state index in [1.807, 2.05) is 30.5 Å². The Morgan fingerprint density at radius 2 is 1.68 bits per heavy atom. The van der Waals surface area contributed by atoms with Gasteiger partial charge in [0.2, 0.25) is 5.91 Å². The number of benzene rings is 2. The minimum Gasteiger partial charge on any atom is -0.481 e. The van der Waals surface area contributed by atoms with Crippen LogP contribution in [-0.2, 0) is 14.3 Å². The van der Waals surface area contributed by atoms with Gasteiger partial charge in [-0.05, 0) is 40.7 Å². The molecule has 1 heterocycles. The highest BCUT2D eigenvalue weighted by atomic mass is 32.2. The Labute approximate surface area is 203 Å². The Balaban J connectivity index is 1.37. The lowest BCUT2D eigenvalue weighted by Crippen LogP contribution is -2.59. The number of likely N-dealkylation sites (tertiary alicyclic amines) is 1. The summed E-state index contributed by atoms with van der Waals surface area (Å²) in [4.78, 5) is 38.5. The third-order valence-electron chi connectivity index (χ3n) is 6.86. The number of ether oxygens (including phenoxy) is 1. The number of alkyl carbamates (subject to hydrolysis) is 1. The number of rotatable bonds is 9. The van der Waals surface area contributed by atoms with Gasteiger partial charge in [0.25, 0.3) is 0 Å². The third kappa shape index (κ3) is 4.92. The van der Waals surface area contributed by atoms with Gasteiger partial charge in [0, 0.05) is 24.9 Å². The van der Waals surface area contributed by atoms with Crippen molar-refractivity contribution in [3.63, 3.8) is 0 Å². The fraction of sp³-hybridized carbons (Fsp3) is 0.423. The first-order valence-corrected chi connectivity index (χ1v) is 12.9. The van der Waals surface area contributed by atoms with Crippen LogP contribution in [0, 0.1) is 11.8 Å². The molecule has 2 amide bonds. The number of fused-ring (bicyclic) bond motifs is 3. The van der Waals surface area contributed by atoms with Crippen LogP contribution < -0.4 is 5.32 Å². The van der Waals surface area contributed by atoms with Crippen molar-refractivity contribution in [2.24, 2.45) is 11.8 Å². The SMILES string of the molecule is CSCCC(NC(=O)OCC1c2ccccc2-c2ccccc21)C(=O)N1CC(C(C)C(=O)O)C1. The minimum absolute atomic E-state index is 0.0489. The van der Waals surface area contributed by atoms with Gasteiger partial charge in [-0.3, -0.25) is 9.59 Å². The minimum atomic E-state index is -0.854. The van der Waals surface area contributed by atoms with Crippen LogP contribution in [0.15, 0.2) is 48.5 Å². The van der Waals surface area contributed by atoms with Gasteiger partial charge in [-0.15, -0.1) is 0 Å². The van der Waals surface area contributed by atoms with Crippen LogP contribution in [0.2, 0.25) is 0 Å². The molecule has 1 saturated heterocycles. The summed E-state index contributed by atoms with van der Waals surface area (Å²) in [5.74, 6) is -0.930. The van der Waals surface area contributed by atoms with Crippen molar-refractivity contribution in [3.8, 4) is 11.1 Å². The topological polar surface area (TPSA) is 95.9 Å². The van der Waals surface area contributed by atoms with Crippen molar-refractivity contribution in [3.05, 3.63) is 59.7 Å². The Kier molecular flexibility index (Phi) is 7.46. The molecule has 2 aromatic carbocycles. The molecule has 0 bridgehead atoms. The predicted molar refractivity (Wildman–Crippen MR) is 132 cm³/mol. The van der Waals surface area contributed by atoms with Gasteiger partial charge in [-0.25, -0.2) is 4.79 Å². The van der Waals surface area contributed by atoms with E-state index in [4.69, 9.17) is 4.74 Å². The second-order valence-electron chi connectivity index (χ2n) is 8.93. The zero-order valence-electron chi connectivity index (χ0n) is 19.4. The van der Waals surface area contributed by atoms with E-state index in [1.54, 1.807) is 23.6 Å². The molecule has 0 spiro atoms. The van der Waals surface area contributed by atoms with Crippen molar-refractivity contribution < 1.29 is 24.2 Å². The monoisotopic (exact) mass is 482 g/mol. The number of nitrogens with one attached hydrogen (secondary N) is 1. The van der Waals surface area contributed by atoms with Crippen LogP contribution in [0.5, 0.6) is 0 Å². The molecule has 2 N–H and O–H groups in total. The molecule has 0 radical (unpaired) electrons. The van der Waals surface area contributed by atoms with E-state index in [-0.39, 0.29) is 24.3 Å². The first kappa shape index (κ1) is 24.1. The maximum atomic E-state index is 13.0. The standard InChI is InChI=1S/C26H30N2O5S/c1-16(25(30)31)17-13-28(14-17)24(29)23(11-12-34-2)27-26(32)33-15-22-20-9-5-3-7-18(20)19-8-4-6-10-21(19)22/h3-10,16-17,22-23H,11-15H2,1-2H3,(H,27,32)(H,30,31). The van der Waals surface area contributed by atoms with Gasteiger partial charge >= 0.3 is 12.1 Å². The second kappa shape index (κ2) is 10.5. The smallest absolute Gasteiger partial charge is 0.407 e. The molecule has 180 valence electrons. The molecule has 2 unspecified atom stereocenters. The molecular formula is C26H30N2O5S. The van der Waals surface area contributed by atoms with E-state index in [1.165, 1.54) is 0 Å². The Hall–Kier alpha value is -3.00. The normalized spacial score (nSPS) is 16.7. The van der Waals surface area contributed by atoms with Crippen molar-refractivity contribution in [1.29, 1.82) is 0 Å². The number of carbonyl (C=O) groups excluding carboxylic acids is 2. The fourth-order valence-corrected chi connectivity index (χ4v) is 5.18. The zero-order valence-corrected chi connectivity index (χ0v) is 20.2. The molecule has 34 heavy (non-hydrogen) atoms. The summed E-state index contributed by atoms with van der Waals surface area (Å²) in [7, 11) is 0. The molecule has 1 aliphatic carbocycles. The lowest BCUT2D eigenvalue weighted by Gasteiger charge is -2.42. The van der Waals surface area contributed by atoms with E-state index < -0.39 is 24.0 Å². The van der Waals surface area contributed by atoms with Crippen LogP contribution in [-0.4, -0.2) is 65.7 Å². The molecule has 8 heteroatoms. The maximum absolute atomic E-state index is 13.0. The lowest BCUT2D eigenvalue weighted by atomic mass is 9.86. The number of amides is 2. The first-order chi connectivity index (χ1) is 16.4. The van der Waals surface area contributed by atoms with Crippen LogP contribution in [0.3, 0.4) is 0 Å². The van der Waals surface area contributed by atoms with E-state index in [9.17, 15) is 19.5 Å². The van der Waals surface area contributed by atoms with E-state index >= 15 is 0 Å². The largest absolute Gasteiger partial charge is 0.481 e. The van der Waals surface area contributed by atoms with Gasteiger partial charge in [-0.1, -0.05) is 55.5 Å². The average molecular weight is 483 g/mol. The van der Waals surface area contributed by atoms with E-state index in [2.05, 4.69) is 29.6 Å². The molecule has 0 saturated carbocycles. The molecule has 4 rings (SSSR count). The van der Waals surface area contributed by atoms with Crippen LogP contribution in [0.1, 0.15) is 30.4 Å². The van der Waals surface area contributed by atoms with Gasteiger partial charge < -0.3 is 20.1 Å². The van der Waals surface area contributed by atoms with Crippen molar-refractivity contribution in [1.82, 2.24) is 10.2 Å². The second-order valence-corrected chi connectivity index (χ2v) is 9.92. The molecule has 2 aliphatic rings. The summed E-state index contributed by atoms with van der Waals surface area (Å²) >= 11 is 1.60. The molecule has 2 atom stereocenters. The lowest BCUT2D eigenvalue weighted by molar-refractivity contribution is -0.151. The van der Waals surface area contributed by atoms with Crippen molar-refractivity contribution in [2.45, 2.75) is 25.3 Å². The molecule has 2 aromatic rings. The van der Waals surface area contributed by atoms with Crippen molar-refractivity contribution in [2.75, 3.05) is 31.7 Å². The number of carbonyl (C=O) groups is 3. The van der Waals surface area contributed by atoms with E-state index in [0.717, 1.165) is 22.3 Å². The summed E-state index contributed by atoms with van der Waals surface area (Å²) in [6, 6.07) is 15.6. The number of carboxylic acids is 1. The average Bonchev–Trinajstić information content (AvgIpc) is 3.13. The number of thioether (sulfide) groups is 1. The number of hydrogen-bond donors (Lipinski definition) is 2. The summed E-state index contributed by atoms with van der Waals surface area (Å²) in [6.45, 7) is 2.64. The van der Waals surface area contributed by atoms with Gasteiger partial charge in [0.1, 0.15) is 12.6 Å². The van der Waals surface area contributed by atoms with Crippen LogP contribution in [0.4, 0.5) is 4.79 Å². The van der Waals surface area contributed by atoms with Gasteiger partial charge in [0.15, 0.2) is 0 Å². The predicted octanol–water partition coefficient (Wildman–Crippen LogP) is 3.83. The summed E-state index contributed by atoms with van der Waals surface area (Å²) in [6.07, 6.45) is 1.82. The highest BCUT2D eigenvalue weighted by Crippen LogP contribution is 2.44. The summed E-state index contributed by atoms with van der Waals surface area (Å²) in [5.41, 5.74) is 4.57. The number of hydrogen-bond acceptors (Lipinski definition) is 5. The number of aliphatic carboxylic acids is 1. The van der Waals surface area contributed by atoms with Gasteiger partial charge in [-0.2, -0.15) is 11.8 Å². The van der Waals surface area contributed by atoms with Crippen LogP contribution in [0.25, 0.3) is 11.1 Å². The molecule has 0 aromatic heterocycles. The molecule has 1 fully saturated rings. The van der Waals surface area contributed by atoms with Crippen molar-refractivity contribution >= 4 is 29.7 Å². The third-order valence-corrected chi connectivity index (χ3v) is 7.51. The molecule has 7 nitrogen and oxygen atoms in total. The van der Waals surface area contributed by atoms with Crippen LogP contribution >= 0.6 is 11.8 Å². The highest BCUT2D eigenvalue weighted by Gasteiger charge is 2.39. The Morgan fingerprint density at radius 3 is 2.24 bits per heavy atom. The highest BCUT2D eigenvalue weighted by molar-refractivity contribution is 7.98. The van der Waals surface area contributed by atoms with E-state index in [0.29, 0.717) is 25.3 Å². The first-order valence-electron chi connectivity index (χ1n) is 11.5. The molecular weight excluding hydrogens is 452 g/mol. The Bertz CT molecular complexity index is 1020. The number of carboxylic acid groups (broad SMARTS) is 1. The maximum Gasteiger partial charge on any atom is 0.407 e. The summed E-state index contributed by atoms with van der Waals surface area (Å²) < 4.78 is 5.62. The summed E-state index contributed by atoms with van der Waals surface area (Å²) in [5, 5.41) is 11.9. The zero-order chi connectivity index (χ0) is 24.2. The number of nitrogens with zero attached hydrogens (tertiary/aromatic N) is 1. The van der Waals surface area contributed by atoms with Gasteiger partial charge in [0.05, 0.1) is 5.92 Å². The fourth-order valence-electron chi connectivity index (χ4n) is 4.71. The Morgan fingerprint density at radius 1 is 1.09 bits per heavy atom. The quantitative estimate of drug-likeness (QED) is 0.564. The molecule has 1 aliphatic heterocycles.